The van der Waals surface area contributed by atoms with Gasteiger partial charge in [0.15, 0.2) is 0 Å². The van der Waals surface area contributed by atoms with Crippen LogP contribution in [0.4, 0.5) is 0 Å². The highest BCUT2D eigenvalue weighted by Crippen LogP contribution is 2.17. The van der Waals surface area contributed by atoms with Crippen molar-refractivity contribution < 1.29 is 0 Å². The molecule has 0 radical (unpaired) electrons. The lowest BCUT2D eigenvalue weighted by atomic mass is 9.95. The van der Waals surface area contributed by atoms with Gasteiger partial charge in [-0.25, -0.2) is 0 Å². The quantitative estimate of drug-likeness (QED) is 0.767. The van der Waals surface area contributed by atoms with Crippen molar-refractivity contribution in [1.82, 2.24) is 15.1 Å². The van der Waals surface area contributed by atoms with Gasteiger partial charge in [0.25, 0.3) is 0 Å². The molecular weight excluding hydrogens is 222 g/mol. The van der Waals surface area contributed by atoms with Crippen molar-refractivity contribution in [2.24, 2.45) is 5.92 Å². The summed E-state index contributed by atoms with van der Waals surface area (Å²) in [4.78, 5) is 0. The van der Waals surface area contributed by atoms with E-state index in [9.17, 15) is 0 Å². The van der Waals surface area contributed by atoms with Gasteiger partial charge < -0.3 is 5.32 Å². The second-order valence-corrected chi connectivity index (χ2v) is 5.24. The molecule has 1 N–H and O–H groups in total. The molecule has 0 fully saturated rings. The van der Waals surface area contributed by atoms with Gasteiger partial charge in [-0.05, 0) is 44.7 Å². The summed E-state index contributed by atoms with van der Waals surface area (Å²) in [7, 11) is 2.05. The Morgan fingerprint density at radius 2 is 1.89 bits per heavy atom. The third-order valence-electron chi connectivity index (χ3n) is 4.01. The molecule has 3 heteroatoms. The first-order valence-electron chi connectivity index (χ1n) is 7.37. The Morgan fingerprint density at radius 3 is 2.39 bits per heavy atom. The molecule has 0 saturated carbocycles. The molecule has 2 unspecified atom stereocenters. The molecule has 0 aromatic carbocycles. The van der Waals surface area contributed by atoms with Gasteiger partial charge >= 0.3 is 0 Å². The second kappa shape index (κ2) is 7.57. The van der Waals surface area contributed by atoms with Gasteiger partial charge in [0, 0.05) is 12.2 Å². The summed E-state index contributed by atoms with van der Waals surface area (Å²) in [5.74, 6) is 0.630. The molecule has 0 aliphatic rings. The Balaban J connectivity index is 2.63. The number of rotatable bonds is 8. The molecule has 0 bridgehead atoms. The summed E-state index contributed by atoms with van der Waals surface area (Å²) < 4.78 is 2.14. The van der Waals surface area contributed by atoms with Gasteiger partial charge in [0.2, 0.25) is 0 Å². The van der Waals surface area contributed by atoms with Crippen molar-refractivity contribution in [3.05, 3.63) is 18.0 Å². The summed E-state index contributed by atoms with van der Waals surface area (Å²) in [6.45, 7) is 9.00. The third-order valence-corrected chi connectivity index (χ3v) is 4.01. The van der Waals surface area contributed by atoms with E-state index in [1.165, 1.54) is 12.1 Å². The first-order valence-corrected chi connectivity index (χ1v) is 7.37. The molecule has 1 heterocycles. The zero-order chi connectivity index (χ0) is 13.5. The van der Waals surface area contributed by atoms with E-state index in [2.05, 4.69) is 50.0 Å². The lowest BCUT2D eigenvalue weighted by Crippen LogP contribution is -2.32. The lowest BCUT2D eigenvalue weighted by Gasteiger charge is -2.21. The Kier molecular flexibility index (Phi) is 6.41. The largest absolute Gasteiger partial charge is 0.317 e. The maximum atomic E-state index is 4.73. The molecule has 1 aromatic rings. The van der Waals surface area contributed by atoms with Crippen molar-refractivity contribution in [3.8, 4) is 0 Å². The molecular formula is C15H29N3. The van der Waals surface area contributed by atoms with Crippen LogP contribution in [-0.2, 0) is 6.42 Å². The Labute approximate surface area is 112 Å². The van der Waals surface area contributed by atoms with Gasteiger partial charge in [-0.1, -0.05) is 27.7 Å². The predicted molar refractivity (Wildman–Crippen MR) is 77.9 cm³/mol. The molecule has 18 heavy (non-hydrogen) atoms. The van der Waals surface area contributed by atoms with Crippen molar-refractivity contribution in [2.45, 2.75) is 65.5 Å². The van der Waals surface area contributed by atoms with E-state index in [0.29, 0.717) is 18.0 Å². The van der Waals surface area contributed by atoms with Gasteiger partial charge in [-0.3, -0.25) is 4.68 Å². The highest BCUT2D eigenvalue weighted by molar-refractivity contribution is 5.01. The van der Waals surface area contributed by atoms with E-state index in [1.807, 2.05) is 7.05 Å². The molecule has 1 rings (SSSR count). The van der Waals surface area contributed by atoms with Gasteiger partial charge in [0.1, 0.15) is 0 Å². The fourth-order valence-corrected chi connectivity index (χ4v) is 2.72. The van der Waals surface area contributed by atoms with E-state index < -0.39 is 0 Å². The number of aromatic nitrogens is 2. The number of nitrogens with zero attached hydrogens (tertiary/aromatic N) is 2. The van der Waals surface area contributed by atoms with Crippen LogP contribution in [0.3, 0.4) is 0 Å². The van der Waals surface area contributed by atoms with Gasteiger partial charge in [-0.15, -0.1) is 0 Å². The van der Waals surface area contributed by atoms with Crippen molar-refractivity contribution in [1.29, 1.82) is 0 Å². The average molecular weight is 251 g/mol. The normalized spacial score (nSPS) is 15.0. The molecule has 1 aromatic heterocycles. The van der Waals surface area contributed by atoms with Crippen LogP contribution < -0.4 is 5.32 Å². The molecule has 0 saturated heterocycles. The maximum absolute atomic E-state index is 4.73. The first-order chi connectivity index (χ1) is 8.65. The van der Waals surface area contributed by atoms with Crippen LogP contribution in [0.25, 0.3) is 0 Å². The SMILES string of the molecule is CCC(NC)C(C)Cc1ccn(C(CC)CC)n1. The fraction of sp³-hybridized carbons (Fsp3) is 0.800. The molecule has 104 valence electrons. The summed E-state index contributed by atoms with van der Waals surface area (Å²) in [6, 6.07) is 3.32. The van der Waals surface area contributed by atoms with Gasteiger partial charge in [-0.2, -0.15) is 5.10 Å². The summed E-state index contributed by atoms with van der Waals surface area (Å²) in [5, 5.41) is 8.12. The Hall–Kier alpha value is -0.830. The van der Waals surface area contributed by atoms with Gasteiger partial charge in [0.05, 0.1) is 11.7 Å². The number of hydrogen-bond acceptors (Lipinski definition) is 2. The van der Waals surface area contributed by atoms with E-state index in [-0.39, 0.29) is 0 Å². The van der Waals surface area contributed by atoms with E-state index >= 15 is 0 Å². The number of nitrogens with one attached hydrogen (secondary N) is 1. The van der Waals surface area contributed by atoms with Crippen LogP contribution in [-0.4, -0.2) is 22.9 Å². The maximum Gasteiger partial charge on any atom is 0.0627 e. The van der Waals surface area contributed by atoms with Crippen LogP contribution in [0.1, 0.15) is 58.7 Å². The zero-order valence-corrected chi connectivity index (χ0v) is 12.6. The average Bonchev–Trinajstić information content (AvgIpc) is 2.81. The summed E-state index contributed by atoms with van der Waals surface area (Å²) in [6.07, 6.45) is 6.68. The van der Waals surface area contributed by atoms with Crippen LogP contribution in [0.5, 0.6) is 0 Å². The van der Waals surface area contributed by atoms with Crippen LogP contribution >= 0.6 is 0 Å². The minimum absolute atomic E-state index is 0.556. The lowest BCUT2D eigenvalue weighted by molar-refractivity contribution is 0.377. The van der Waals surface area contributed by atoms with E-state index in [4.69, 9.17) is 5.10 Å². The van der Waals surface area contributed by atoms with Crippen LogP contribution in [0.2, 0.25) is 0 Å². The highest BCUT2D eigenvalue weighted by atomic mass is 15.3. The minimum atomic E-state index is 0.556. The standard InChI is InChI=1S/C15H29N3/c1-6-14(7-2)18-10-9-13(17-18)11-12(4)15(8-3)16-5/h9-10,12,14-16H,6-8,11H2,1-5H3. The Morgan fingerprint density at radius 1 is 1.22 bits per heavy atom. The predicted octanol–water partition coefficient (Wildman–Crippen LogP) is 3.42. The summed E-state index contributed by atoms with van der Waals surface area (Å²) >= 11 is 0. The van der Waals surface area contributed by atoms with E-state index in [0.717, 1.165) is 19.3 Å². The van der Waals surface area contributed by atoms with Crippen molar-refractivity contribution >= 4 is 0 Å². The van der Waals surface area contributed by atoms with Crippen molar-refractivity contribution in [2.75, 3.05) is 7.05 Å². The molecule has 0 aliphatic heterocycles. The molecule has 3 nitrogen and oxygen atoms in total. The summed E-state index contributed by atoms with van der Waals surface area (Å²) in [5.41, 5.74) is 1.23. The molecule has 0 spiro atoms. The fourth-order valence-electron chi connectivity index (χ4n) is 2.72. The minimum Gasteiger partial charge on any atom is -0.317 e. The second-order valence-electron chi connectivity index (χ2n) is 5.24. The van der Waals surface area contributed by atoms with Crippen molar-refractivity contribution in [3.63, 3.8) is 0 Å². The number of hydrogen-bond donors (Lipinski definition) is 1. The first kappa shape index (κ1) is 15.2. The topological polar surface area (TPSA) is 29.9 Å². The smallest absolute Gasteiger partial charge is 0.0627 e. The third kappa shape index (κ3) is 3.84. The molecule has 2 atom stereocenters. The Bertz CT molecular complexity index is 324. The van der Waals surface area contributed by atoms with Crippen LogP contribution in [0.15, 0.2) is 12.3 Å². The highest BCUT2D eigenvalue weighted by Gasteiger charge is 2.16. The van der Waals surface area contributed by atoms with Crippen LogP contribution in [0, 0.1) is 5.92 Å². The monoisotopic (exact) mass is 251 g/mol. The zero-order valence-electron chi connectivity index (χ0n) is 12.6. The molecule has 0 amide bonds. The molecule has 0 aliphatic carbocycles. The van der Waals surface area contributed by atoms with E-state index in [1.54, 1.807) is 0 Å².